The van der Waals surface area contributed by atoms with Crippen molar-refractivity contribution < 1.29 is 4.79 Å². The Morgan fingerprint density at radius 1 is 1.11 bits per heavy atom. The second-order valence-electron chi connectivity index (χ2n) is 6.47. The predicted molar refractivity (Wildman–Crippen MR) is 114 cm³/mol. The number of rotatable bonds is 5. The predicted octanol–water partition coefficient (Wildman–Crippen LogP) is 4.33. The first kappa shape index (κ1) is 18.1. The number of anilines is 1. The largest absolute Gasteiger partial charge is 0.325 e. The fourth-order valence-electron chi connectivity index (χ4n) is 3.09. The third-order valence-electron chi connectivity index (χ3n) is 4.61. The SMILES string of the molecule is CCc1ccc(NC(=O)Cn2cnc3scc(-c4ccccc4)c3c2=O)cc1. The molecule has 0 radical (unpaired) electrons. The van der Waals surface area contributed by atoms with Crippen LogP contribution in [0, 0.1) is 0 Å². The number of carbonyl (C=O) groups is 1. The van der Waals surface area contributed by atoms with Crippen molar-refractivity contribution in [1.82, 2.24) is 9.55 Å². The molecule has 5 nitrogen and oxygen atoms in total. The number of aryl methyl sites for hydroxylation is 1. The normalized spacial score (nSPS) is 10.9. The fraction of sp³-hybridized carbons (Fsp3) is 0.136. The molecule has 0 spiro atoms. The molecule has 2 heterocycles. The van der Waals surface area contributed by atoms with Crippen LogP contribution in [0.1, 0.15) is 12.5 Å². The van der Waals surface area contributed by atoms with Crippen molar-refractivity contribution in [1.29, 1.82) is 0 Å². The Balaban J connectivity index is 1.61. The smallest absolute Gasteiger partial charge is 0.263 e. The summed E-state index contributed by atoms with van der Waals surface area (Å²) < 4.78 is 1.36. The lowest BCUT2D eigenvalue weighted by Gasteiger charge is -2.08. The van der Waals surface area contributed by atoms with Crippen LogP contribution in [-0.2, 0) is 17.8 Å². The van der Waals surface area contributed by atoms with E-state index in [2.05, 4.69) is 17.2 Å². The van der Waals surface area contributed by atoms with Gasteiger partial charge >= 0.3 is 0 Å². The Hall–Kier alpha value is -3.25. The van der Waals surface area contributed by atoms with Crippen molar-refractivity contribution in [3.05, 3.63) is 82.2 Å². The molecule has 0 fully saturated rings. The summed E-state index contributed by atoms with van der Waals surface area (Å²) in [4.78, 5) is 30.5. The van der Waals surface area contributed by atoms with Gasteiger partial charge in [-0.1, -0.05) is 49.4 Å². The van der Waals surface area contributed by atoms with Gasteiger partial charge in [-0.2, -0.15) is 0 Å². The van der Waals surface area contributed by atoms with Gasteiger partial charge in [-0.25, -0.2) is 4.98 Å². The Morgan fingerprint density at radius 3 is 2.57 bits per heavy atom. The van der Waals surface area contributed by atoms with Crippen LogP contribution < -0.4 is 10.9 Å². The zero-order valence-electron chi connectivity index (χ0n) is 15.4. The van der Waals surface area contributed by atoms with E-state index in [1.807, 2.05) is 60.0 Å². The number of benzene rings is 2. The molecule has 0 saturated heterocycles. The Morgan fingerprint density at radius 2 is 1.86 bits per heavy atom. The highest BCUT2D eigenvalue weighted by molar-refractivity contribution is 7.17. The average Bonchev–Trinajstić information content (AvgIpc) is 3.16. The minimum Gasteiger partial charge on any atom is -0.325 e. The van der Waals surface area contributed by atoms with Gasteiger partial charge in [-0.05, 0) is 29.7 Å². The van der Waals surface area contributed by atoms with Gasteiger partial charge in [0, 0.05) is 16.6 Å². The molecule has 0 bridgehead atoms. The number of fused-ring (bicyclic) bond motifs is 1. The number of hydrogen-bond donors (Lipinski definition) is 1. The summed E-state index contributed by atoms with van der Waals surface area (Å²) in [5.74, 6) is -0.260. The van der Waals surface area contributed by atoms with E-state index in [0.29, 0.717) is 15.9 Å². The summed E-state index contributed by atoms with van der Waals surface area (Å²) in [5, 5.41) is 5.33. The first-order valence-corrected chi connectivity index (χ1v) is 9.94. The van der Waals surface area contributed by atoms with Crippen molar-refractivity contribution in [2.24, 2.45) is 0 Å². The Labute approximate surface area is 166 Å². The first-order valence-electron chi connectivity index (χ1n) is 9.06. The molecule has 1 N–H and O–H groups in total. The van der Waals surface area contributed by atoms with Crippen molar-refractivity contribution in [2.75, 3.05) is 5.32 Å². The molecule has 0 aliphatic rings. The molecule has 2 aromatic carbocycles. The topological polar surface area (TPSA) is 64.0 Å². The summed E-state index contributed by atoms with van der Waals surface area (Å²) >= 11 is 1.43. The van der Waals surface area contributed by atoms with Crippen LogP contribution >= 0.6 is 11.3 Å². The lowest BCUT2D eigenvalue weighted by molar-refractivity contribution is -0.116. The third kappa shape index (κ3) is 3.59. The molecule has 2 aromatic heterocycles. The van der Waals surface area contributed by atoms with Gasteiger partial charge in [0.05, 0.1) is 11.7 Å². The molecule has 0 atom stereocenters. The molecular formula is C22H19N3O2S. The van der Waals surface area contributed by atoms with Gasteiger partial charge in [-0.15, -0.1) is 11.3 Å². The van der Waals surface area contributed by atoms with Gasteiger partial charge in [0.25, 0.3) is 5.56 Å². The first-order chi connectivity index (χ1) is 13.7. The van der Waals surface area contributed by atoms with Crippen LogP contribution in [0.25, 0.3) is 21.3 Å². The lowest BCUT2D eigenvalue weighted by atomic mass is 10.1. The maximum Gasteiger partial charge on any atom is 0.263 e. The molecule has 4 rings (SSSR count). The number of carbonyl (C=O) groups excluding carboxylic acids is 1. The van der Waals surface area contributed by atoms with E-state index in [0.717, 1.165) is 17.5 Å². The second kappa shape index (κ2) is 7.78. The van der Waals surface area contributed by atoms with E-state index in [4.69, 9.17) is 0 Å². The summed E-state index contributed by atoms with van der Waals surface area (Å²) in [6.45, 7) is 2.00. The minimum atomic E-state index is -0.260. The van der Waals surface area contributed by atoms with Gasteiger partial charge in [0.2, 0.25) is 5.91 Å². The number of thiophene rings is 1. The van der Waals surface area contributed by atoms with Gasteiger partial charge in [-0.3, -0.25) is 14.2 Å². The van der Waals surface area contributed by atoms with E-state index in [-0.39, 0.29) is 18.0 Å². The molecular weight excluding hydrogens is 370 g/mol. The van der Waals surface area contributed by atoms with Gasteiger partial charge < -0.3 is 5.32 Å². The van der Waals surface area contributed by atoms with Gasteiger partial charge in [0.15, 0.2) is 0 Å². The molecule has 1 amide bonds. The van der Waals surface area contributed by atoms with Crippen molar-refractivity contribution in [3.8, 4) is 11.1 Å². The van der Waals surface area contributed by atoms with Crippen LogP contribution in [0.4, 0.5) is 5.69 Å². The highest BCUT2D eigenvalue weighted by Gasteiger charge is 2.14. The van der Waals surface area contributed by atoms with E-state index in [1.54, 1.807) is 0 Å². The maximum atomic E-state index is 13.0. The number of hydrogen-bond acceptors (Lipinski definition) is 4. The van der Waals surface area contributed by atoms with E-state index in [1.165, 1.54) is 27.8 Å². The van der Waals surface area contributed by atoms with Crippen LogP contribution in [0.5, 0.6) is 0 Å². The van der Waals surface area contributed by atoms with Crippen molar-refractivity contribution in [2.45, 2.75) is 19.9 Å². The highest BCUT2D eigenvalue weighted by atomic mass is 32.1. The molecule has 0 aliphatic heterocycles. The number of aromatic nitrogens is 2. The molecule has 6 heteroatoms. The second-order valence-corrected chi connectivity index (χ2v) is 7.33. The van der Waals surface area contributed by atoms with Crippen LogP contribution in [0.15, 0.2) is 71.1 Å². The number of nitrogens with zero attached hydrogens (tertiary/aromatic N) is 2. The lowest BCUT2D eigenvalue weighted by Crippen LogP contribution is -2.27. The maximum absolute atomic E-state index is 13.0. The average molecular weight is 389 g/mol. The van der Waals surface area contributed by atoms with Crippen molar-refractivity contribution in [3.63, 3.8) is 0 Å². The molecule has 0 aliphatic carbocycles. The Kier molecular flexibility index (Phi) is 5.04. The molecule has 28 heavy (non-hydrogen) atoms. The number of nitrogens with one attached hydrogen (secondary N) is 1. The fourth-order valence-corrected chi connectivity index (χ4v) is 4.00. The monoisotopic (exact) mass is 389 g/mol. The summed E-state index contributed by atoms with van der Waals surface area (Å²) in [7, 11) is 0. The van der Waals surface area contributed by atoms with E-state index >= 15 is 0 Å². The summed E-state index contributed by atoms with van der Waals surface area (Å²) in [6, 6.07) is 17.4. The third-order valence-corrected chi connectivity index (χ3v) is 5.49. The van der Waals surface area contributed by atoms with Crippen LogP contribution in [-0.4, -0.2) is 15.5 Å². The Bertz CT molecular complexity index is 1180. The van der Waals surface area contributed by atoms with Crippen LogP contribution in [0.3, 0.4) is 0 Å². The number of amides is 1. The zero-order chi connectivity index (χ0) is 19.5. The molecule has 0 unspecified atom stereocenters. The highest BCUT2D eigenvalue weighted by Crippen LogP contribution is 2.30. The van der Waals surface area contributed by atoms with E-state index in [9.17, 15) is 9.59 Å². The van der Waals surface area contributed by atoms with E-state index < -0.39 is 0 Å². The summed E-state index contributed by atoms with van der Waals surface area (Å²) in [6.07, 6.45) is 2.38. The zero-order valence-corrected chi connectivity index (χ0v) is 16.2. The molecule has 4 aromatic rings. The van der Waals surface area contributed by atoms with Crippen molar-refractivity contribution >= 4 is 33.1 Å². The molecule has 0 saturated carbocycles. The standard InChI is InChI=1S/C22H19N3O2S/c1-2-15-8-10-17(11-9-15)24-19(26)12-25-14-23-21-20(22(25)27)18(13-28-21)16-6-4-3-5-7-16/h3-11,13-14H,2,12H2,1H3,(H,24,26). The van der Waals surface area contributed by atoms with Gasteiger partial charge in [0.1, 0.15) is 11.4 Å². The molecule has 140 valence electrons. The summed E-state index contributed by atoms with van der Waals surface area (Å²) in [5.41, 5.74) is 3.52. The minimum absolute atomic E-state index is 0.0820. The van der Waals surface area contributed by atoms with Crippen LogP contribution in [0.2, 0.25) is 0 Å². The quantitative estimate of drug-likeness (QED) is 0.553.